The zero-order chi connectivity index (χ0) is 13.8. The van der Waals surface area contributed by atoms with Gasteiger partial charge in [0.25, 0.3) is 0 Å². The van der Waals surface area contributed by atoms with E-state index in [-0.39, 0.29) is 6.04 Å². The summed E-state index contributed by atoms with van der Waals surface area (Å²) >= 11 is 3.47. The van der Waals surface area contributed by atoms with Gasteiger partial charge in [-0.1, -0.05) is 34.1 Å². The quantitative estimate of drug-likeness (QED) is 0.917. The Kier molecular flexibility index (Phi) is 4.61. The number of methoxy groups -OCH3 is 1. The summed E-state index contributed by atoms with van der Waals surface area (Å²) in [5.41, 5.74) is 3.74. The Hall–Kier alpha value is -1.32. The third-order valence-electron chi connectivity index (χ3n) is 3.28. The average molecular weight is 320 g/mol. The Morgan fingerprint density at radius 2 is 1.79 bits per heavy atom. The van der Waals surface area contributed by atoms with Crippen LogP contribution in [0.4, 0.5) is 0 Å². The number of nitrogens with one attached hydrogen (secondary N) is 1. The van der Waals surface area contributed by atoms with Crippen LogP contribution < -0.4 is 10.1 Å². The van der Waals surface area contributed by atoms with E-state index in [1.54, 1.807) is 7.11 Å². The van der Waals surface area contributed by atoms with Gasteiger partial charge < -0.3 is 10.1 Å². The fourth-order valence-electron chi connectivity index (χ4n) is 2.26. The van der Waals surface area contributed by atoms with Crippen LogP contribution in [0.1, 0.15) is 22.7 Å². The minimum Gasteiger partial charge on any atom is -0.497 e. The van der Waals surface area contributed by atoms with Crippen LogP contribution in [-0.4, -0.2) is 14.2 Å². The first-order chi connectivity index (χ1) is 9.15. The molecule has 0 bridgehead atoms. The molecule has 19 heavy (non-hydrogen) atoms. The van der Waals surface area contributed by atoms with E-state index in [2.05, 4.69) is 64.6 Å². The van der Waals surface area contributed by atoms with Crippen molar-refractivity contribution in [2.45, 2.75) is 13.0 Å². The molecule has 1 atom stereocenters. The van der Waals surface area contributed by atoms with E-state index in [9.17, 15) is 0 Å². The lowest BCUT2D eigenvalue weighted by Crippen LogP contribution is -2.18. The van der Waals surface area contributed by atoms with Crippen LogP contribution in [0.3, 0.4) is 0 Å². The number of halogens is 1. The van der Waals surface area contributed by atoms with Crippen molar-refractivity contribution in [1.82, 2.24) is 5.32 Å². The molecule has 1 N–H and O–H groups in total. The highest BCUT2D eigenvalue weighted by atomic mass is 79.9. The molecule has 0 aliphatic rings. The van der Waals surface area contributed by atoms with Crippen LogP contribution in [0.25, 0.3) is 0 Å². The molecule has 2 aromatic rings. The predicted octanol–water partition coefficient (Wildman–Crippen LogP) is 4.07. The maximum absolute atomic E-state index is 5.26. The van der Waals surface area contributed by atoms with Crippen molar-refractivity contribution < 1.29 is 4.74 Å². The van der Waals surface area contributed by atoms with Gasteiger partial charge in [-0.2, -0.15) is 0 Å². The first-order valence-electron chi connectivity index (χ1n) is 6.23. The van der Waals surface area contributed by atoms with Crippen molar-refractivity contribution in [2.75, 3.05) is 14.2 Å². The molecule has 0 heterocycles. The van der Waals surface area contributed by atoms with Crippen LogP contribution in [0, 0.1) is 6.92 Å². The predicted molar refractivity (Wildman–Crippen MR) is 82.8 cm³/mol. The third kappa shape index (κ3) is 3.17. The molecule has 100 valence electrons. The van der Waals surface area contributed by atoms with Gasteiger partial charge in [0.1, 0.15) is 5.75 Å². The first kappa shape index (κ1) is 14.1. The number of ether oxygens (including phenoxy) is 1. The standard InChI is InChI=1S/C16H18BrNO/c1-11-10-14(19-3)8-9-15(11)16(18-2)12-4-6-13(17)7-5-12/h4-10,16,18H,1-3H3. The number of hydrogen-bond donors (Lipinski definition) is 1. The SMILES string of the molecule is CNC(c1ccc(Br)cc1)c1ccc(OC)cc1C. The van der Waals surface area contributed by atoms with Crippen molar-refractivity contribution in [3.63, 3.8) is 0 Å². The van der Waals surface area contributed by atoms with Gasteiger partial charge >= 0.3 is 0 Å². The third-order valence-corrected chi connectivity index (χ3v) is 3.81. The molecule has 0 aliphatic carbocycles. The summed E-state index contributed by atoms with van der Waals surface area (Å²) in [6.07, 6.45) is 0. The van der Waals surface area contributed by atoms with E-state index in [4.69, 9.17) is 4.74 Å². The molecular weight excluding hydrogens is 302 g/mol. The van der Waals surface area contributed by atoms with E-state index >= 15 is 0 Å². The van der Waals surface area contributed by atoms with Gasteiger partial charge in [0.2, 0.25) is 0 Å². The second-order valence-electron chi connectivity index (χ2n) is 4.50. The molecular formula is C16H18BrNO. The zero-order valence-electron chi connectivity index (χ0n) is 11.4. The molecule has 0 saturated carbocycles. The minimum atomic E-state index is 0.194. The van der Waals surface area contributed by atoms with E-state index in [1.165, 1.54) is 16.7 Å². The topological polar surface area (TPSA) is 21.3 Å². The fourth-order valence-corrected chi connectivity index (χ4v) is 2.52. The lowest BCUT2D eigenvalue weighted by molar-refractivity contribution is 0.414. The summed E-state index contributed by atoms with van der Waals surface area (Å²) in [4.78, 5) is 0. The molecule has 0 aromatic heterocycles. The normalized spacial score (nSPS) is 12.2. The molecule has 0 aliphatic heterocycles. The van der Waals surface area contributed by atoms with Crippen LogP contribution >= 0.6 is 15.9 Å². The lowest BCUT2D eigenvalue weighted by atomic mass is 9.95. The van der Waals surface area contributed by atoms with E-state index < -0.39 is 0 Å². The molecule has 2 rings (SSSR count). The average Bonchev–Trinajstić information content (AvgIpc) is 2.43. The number of aryl methyl sites for hydroxylation is 1. The molecule has 2 nitrogen and oxygen atoms in total. The van der Waals surface area contributed by atoms with Crippen molar-refractivity contribution >= 4 is 15.9 Å². The molecule has 0 spiro atoms. The van der Waals surface area contributed by atoms with Crippen molar-refractivity contribution in [2.24, 2.45) is 0 Å². The van der Waals surface area contributed by atoms with Crippen molar-refractivity contribution in [1.29, 1.82) is 0 Å². The number of rotatable bonds is 4. The molecule has 0 saturated heterocycles. The van der Waals surface area contributed by atoms with Crippen molar-refractivity contribution in [3.8, 4) is 5.75 Å². The summed E-state index contributed by atoms with van der Waals surface area (Å²) in [5, 5.41) is 3.38. The Morgan fingerprint density at radius 1 is 1.11 bits per heavy atom. The molecule has 0 fully saturated rings. The largest absolute Gasteiger partial charge is 0.497 e. The van der Waals surface area contributed by atoms with E-state index in [0.29, 0.717) is 0 Å². The summed E-state index contributed by atoms with van der Waals surface area (Å²) < 4.78 is 6.35. The molecule has 1 unspecified atom stereocenters. The zero-order valence-corrected chi connectivity index (χ0v) is 13.0. The Labute approximate surface area is 122 Å². The van der Waals surface area contributed by atoms with Gasteiger partial charge in [0, 0.05) is 4.47 Å². The summed E-state index contributed by atoms with van der Waals surface area (Å²) in [6.45, 7) is 2.11. The molecule has 2 aromatic carbocycles. The molecule has 0 radical (unpaired) electrons. The second-order valence-corrected chi connectivity index (χ2v) is 5.41. The summed E-state index contributed by atoms with van der Waals surface area (Å²) in [5.74, 6) is 0.895. The van der Waals surface area contributed by atoms with Crippen LogP contribution in [0.2, 0.25) is 0 Å². The van der Waals surface area contributed by atoms with E-state index in [1.807, 2.05) is 13.1 Å². The first-order valence-corrected chi connectivity index (χ1v) is 7.02. The fraction of sp³-hybridized carbons (Fsp3) is 0.250. The monoisotopic (exact) mass is 319 g/mol. The maximum atomic E-state index is 5.26. The minimum absolute atomic E-state index is 0.194. The number of hydrogen-bond acceptors (Lipinski definition) is 2. The van der Waals surface area contributed by atoms with E-state index in [0.717, 1.165) is 10.2 Å². The van der Waals surface area contributed by atoms with Gasteiger partial charge in [0.05, 0.1) is 13.2 Å². The Bertz CT molecular complexity index is 551. The van der Waals surface area contributed by atoms with Crippen LogP contribution in [0.5, 0.6) is 5.75 Å². The summed E-state index contributed by atoms with van der Waals surface area (Å²) in [6, 6.07) is 14.8. The van der Waals surface area contributed by atoms with Gasteiger partial charge in [-0.25, -0.2) is 0 Å². The number of benzene rings is 2. The van der Waals surface area contributed by atoms with Gasteiger partial charge in [0.15, 0.2) is 0 Å². The van der Waals surface area contributed by atoms with Crippen molar-refractivity contribution in [3.05, 3.63) is 63.6 Å². The molecule has 0 amide bonds. The molecule has 3 heteroatoms. The highest BCUT2D eigenvalue weighted by Gasteiger charge is 2.14. The smallest absolute Gasteiger partial charge is 0.119 e. The summed E-state index contributed by atoms with van der Waals surface area (Å²) in [7, 11) is 3.68. The maximum Gasteiger partial charge on any atom is 0.119 e. The van der Waals surface area contributed by atoms with Gasteiger partial charge in [-0.15, -0.1) is 0 Å². The van der Waals surface area contributed by atoms with Gasteiger partial charge in [-0.3, -0.25) is 0 Å². The second kappa shape index (κ2) is 6.22. The highest BCUT2D eigenvalue weighted by Crippen LogP contribution is 2.28. The lowest BCUT2D eigenvalue weighted by Gasteiger charge is -2.20. The Morgan fingerprint density at radius 3 is 2.32 bits per heavy atom. The van der Waals surface area contributed by atoms with Crippen LogP contribution in [0.15, 0.2) is 46.9 Å². The van der Waals surface area contributed by atoms with Crippen LogP contribution in [-0.2, 0) is 0 Å². The highest BCUT2D eigenvalue weighted by molar-refractivity contribution is 9.10. The van der Waals surface area contributed by atoms with Gasteiger partial charge in [-0.05, 0) is 54.9 Å². The Balaban J connectivity index is 2.39.